The minimum absolute atomic E-state index is 0.0283. The number of amides is 1. The van der Waals surface area contributed by atoms with Gasteiger partial charge in [0.05, 0.1) is 35.8 Å². The molecule has 5 heteroatoms. The van der Waals surface area contributed by atoms with Crippen molar-refractivity contribution in [2.45, 2.75) is 13.0 Å². The summed E-state index contributed by atoms with van der Waals surface area (Å²) < 4.78 is 0. The first-order valence-electron chi connectivity index (χ1n) is 7.68. The van der Waals surface area contributed by atoms with E-state index >= 15 is 0 Å². The highest BCUT2D eigenvalue weighted by molar-refractivity contribution is 6.05. The first-order valence-corrected chi connectivity index (χ1v) is 7.68. The van der Waals surface area contributed by atoms with Crippen LogP contribution in [0.3, 0.4) is 0 Å². The van der Waals surface area contributed by atoms with Crippen LogP contribution in [-0.4, -0.2) is 10.9 Å². The minimum atomic E-state index is 0.0283. The van der Waals surface area contributed by atoms with E-state index in [2.05, 4.69) is 21.7 Å². The second kappa shape index (κ2) is 5.67. The van der Waals surface area contributed by atoms with Crippen LogP contribution in [0.5, 0.6) is 0 Å². The zero-order valence-electron chi connectivity index (χ0n) is 12.8. The molecule has 0 aliphatic carbocycles. The van der Waals surface area contributed by atoms with Gasteiger partial charge in [0.15, 0.2) is 0 Å². The Morgan fingerprint density at radius 2 is 2.12 bits per heavy atom. The molecule has 2 aromatic carbocycles. The van der Waals surface area contributed by atoms with E-state index in [0.29, 0.717) is 18.5 Å². The second-order valence-electron chi connectivity index (χ2n) is 5.73. The van der Waals surface area contributed by atoms with Crippen LogP contribution in [-0.2, 0) is 17.8 Å². The fraction of sp³-hybridized carbons (Fsp3) is 0.105. The molecule has 0 atom stereocenters. The average molecular weight is 314 g/mol. The minimum Gasteiger partial charge on any atom is -0.379 e. The van der Waals surface area contributed by atoms with Crippen molar-refractivity contribution in [1.29, 1.82) is 5.26 Å². The Morgan fingerprint density at radius 1 is 1.21 bits per heavy atom. The summed E-state index contributed by atoms with van der Waals surface area (Å²) in [5.41, 5.74) is 5.20. The van der Waals surface area contributed by atoms with Crippen LogP contribution in [0.25, 0.3) is 10.9 Å². The van der Waals surface area contributed by atoms with Gasteiger partial charge in [0.25, 0.3) is 0 Å². The van der Waals surface area contributed by atoms with E-state index in [1.807, 2.05) is 42.5 Å². The van der Waals surface area contributed by atoms with Gasteiger partial charge in [-0.05, 0) is 42.0 Å². The Bertz CT molecular complexity index is 1000. The molecule has 0 bridgehead atoms. The Kier molecular flexibility index (Phi) is 3.36. The number of fused-ring (bicyclic) bond motifs is 3. The zero-order chi connectivity index (χ0) is 16.5. The van der Waals surface area contributed by atoms with Crippen LogP contribution in [0.2, 0.25) is 0 Å². The summed E-state index contributed by atoms with van der Waals surface area (Å²) in [4.78, 5) is 16.2. The molecule has 2 heterocycles. The SMILES string of the molecule is N#Cc1cccc(NCc2ccc3c4c(ccc3n2)NC(=O)C4)c1. The number of anilines is 2. The number of hydrogen-bond acceptors (Lipinski definition) is 4. The summed E-state index contributed by atoms with van der Waals surface area (Å²) in [5.74, 6) is 0.0283. The monoisotopic (exact) mass is 314 g/mol. The maximum atomic E-state index is 11.6. The van der Waals surface area contributed by atoms with Crippen LogP contribution in [0, 0.1) is 11.3 Å². The molecule has 1 aromatic heterocycles. The molecule has 0 spiro atoms. The average Bonchev–Trinajstić information content (AvgIpc) is 3.00. The fourth-order valence-electron chi connectivity index (χ4n) is 2.96. The summed E-state index contributed by atoms with van der Waals surface area (Å²) in [6, 6.07) is 17.3. The molecule has 0 saturated carbocycles. The van der Waals surface area contributed by atoms with Crippen LogP contribution in [0.1, 0.15) is 16.8 Å². The molecular formula is C19H14N4O. The summed E-state index contributed by atoms with van der Waals surface area (Å²) in [5, 5.41) is 16.1. The number of benzene rings is 2. The predicted octanol–water partition coefficient (Wildman–Crippen LogP) is 3.21. The molecule has 0 unspecified atom stereocenters. The number of carbonyl (C=O) groups excluding carboxylic acids is 1. The number of aromatic nitrogens is 1. The van der Waals surface area contributed by atoms with Gasteiger partial charge in [0, 0.05) is 16.8 Å². The van der Waals surface area contributed by atoms with Gasteiger partial charge in [-0.1, -0.05) is 12.1 Å². The third-order valence-corrected chi connectivity index (χ3v) is 4.12. The lowest BCUT2D eigenvalue weighted by atomic mass is 10.1. The van der Waals surface area contributed by atoms with E-state index in [1.54, 1.807) is 6.07 Å². The summed E-state index contributed by atoms with van der Waals surface area (Å²) in [7, 11) is 0. The van der Waals surface area contributed by atoms with Crippen molar-refractivity contribution >= 4 is 28.2 Å². The summed E-state index contributed by atoms with van der Waals surface area (Å²) in [6.07, 6.45) is 0.410. The maximum Gasteiger partial charge on any atom is 0.228 e. The first kappa shape index (κ1) is 14.2. The van der Waals surface area contributed by atoms with Gasteiger partial charge in [-0.25, -0.2) is 0 Å². The van der Waals surface area contributed by atoms with Crippen molar-refractivity contribution in [3.8, 4) is 6.07 Å². The predicted molar refractivity (Wildman–Crippen MR) is 92.6 cm³/mol. The molecule has 3 aromatic rings. The number of carbonyl (C=O) groups is 1. The third kappa shape index (κ3) is 2.55. The standard InChI is InChI=1S/C19H14N4O/c20-10-12-2-1-3-13(8-12)21-11-14-4-5-15-16-9-19(24)23-18(16)7-6-17(15)22-14/h1-8,21H,9,11H2,(H,23,24). The number of hydrogen-bond donors (Lipinski definition) is 2. The Hall–Kier alpha value is -3.39. The quantitative estimate of drug-likeness (QED) is 0.778. The van der Waals surface area contributed by atoms with E-state index in [1.165, 1.54) is 0 Å². The molecular weight excluding hydrogens is 300 g/mol. The third-order valence-electron chi connectivity index (χ3n) is 4.12. The highest BCUT2D eigenvalue weighted by Crippen LogP contribution is 2.30. The molecule has 0 radical (unpaired) electrons. The molecule has 24 heavy (non-hydrogen) atoms. The highest BCUT2D eigenvalue weighted by atomic mass is 16.1. The van der Waals surface area contributed by atoms with E-state index < -0.39 is 0 Å². The van der Waals surface area contributed by atoms with Crippen molar-refractivity contribution in [2.24, 2.45) is 0 Å². The number of pyridine rings is 1. The van der Waals surface area contributed by atoms with E-state index in [4.69, 9.17) is 5.26 Å². The Morgan fingerprint density at radius 3 is 3.00 bits per heavy atom. The van der Waals surface area contributed by atoms with Gasteiger partial charge in [0.1, 0.15) is 0 Å². The van der Waals surface area contributed by atoms with E-state index in [-0.39, 0.29) is 5.91 Å². The van der Waals surface area contributed by atoms with Gasteiger partial charge >= 0.3 is 0 Å². The topological polar surface area (TPSA) is 77.8 Å². The van der Waals surface area contributed by atoms with Crippen molar-refractivity contribution in [3.63, 3.8) is 0 Å². The van der Waals surface area contributed by atoms with Crippen LogP contribution < -0.4 is 10.6 Å². The smallest absolute Gasteiger partial charge is 0.228 e. The zero-order valence-corrected chi connectivity index (χ0v) is 12.8. The van der Waals surface area contributed by atoms with Crippen molar-refractivity contribution in [1.82, 2.24) is 4.98 Å². The van der Waals surface area contributed by atoms with Crippen molar-refractivity contribution in [2.75, 3.05) is 10.6 Å². The Labute approximate surface area is 138 Å². The molecule has 1 aliphatic heterocycles. The van der Waals surface area contributed by atoms with Crippen molar-refractivity contribution < 1.29 is 4.79 Å². The maximum absolute atomic E-state index is 11.6. The van der Waals surface area contributed by atoms with Gasteiger partial charge in [-0.3, -0.25) is 9.78 Å². The lowest BCUT2D eigenvalue weighted by Crippen LogP contribution is -2.03. The largest absolute Gasteiger partial charge is 0.379 e. The van der Waals surface area contributed by atoms with E-state index in [0.717, 1.165) is 33.5 Å². The van der Waals surface area contributed by atoms with E-state index in [9.17, 15) is 4.79 Å². The summed E-state index contributed by atoms with van der Waals surface area (Å²) in [6.45, 7) is 0.569. The first-order chi connectivity index (χ1) is 11.7. The molecule has 4 rings (SSSR count). The Balaban J connectivity index is 1.59. The number of nitrogens with one attached hydrogen (secondary N) is 2. The van der Waals surface area contributed by atoms with Gasteiger partial charge in [0.2, 0.25) is 5.91 Å². The number of nitriles is 1. The molecule has 2 N–H and O–H groups in total. The van der Waals surface area contributed by atoms with Gasteiger partial charge in [-0.15, -0.1) is 0 Å². The van der Waals surface area contributed by atoms with Crippen LogP contribution in [0.15, 0.2) is 48.5 Å². The molecule has 5 nitrogen and oxygen atoms in total. The number of nitrogens with zero attached hydrogens (tertiary/aromatic N) is 2. The number of rotatable bonds is 3. The van der Waals surface area contributed by atoms with Gasteiger partial charge in [-0.2, -0.15) is 5.26 Å². The molecule has 116 valence electrons. The summed E-state index contributed by atoms with van der Waals surface area (Å²) >= 11 is 0. The van der Waals surface area contributed by atoms with Crippen LogP contribution >= 0.6 is 0 Å². The molecule has 1 aliphatic rings. The molecule has 0 saturated heterocycles. The normalized spacial score (nSPS) is 12.5. The molecule has 1 amide bonds. The lowest BCUT2D eigenvalue weighted by Gasteiger charge is -2.09. The lowest BCUT2D eigenvalue weighted by molar-refractivity contribution is -0.115. The van der Waals surface area contributed by atoms with Gasteiger partial charge < -0.3 is 10.6 Å². The second-order valence-corrected chi connectivity index (χ2v) is 5.73. The van der Waals surface area contributed by atoms with Crippen LogP contribution in [0.4, 0.5) is 11.4 Å². The highest BCUT2D eigenvalue weighted by Gasteiger charge is 2.20. The van der Waals surface area contributed by atoms with Crippen molar-refractivity contribution in [3.05, 3.63) is 65.4 Å². The molecule has 0 fully saturated rings. The fourth-order valence-corrected chi connectivity index (χ4v) is 2.96.